The Morgan fingerprint density at radius 3 is 2.65 bits per heavy atom. The number of alkyl halides is 3. The van der Waals surface area contributed by atoms with E-state index in [9.17, 15) is 26.4 Å². The molecule has 37 heavy (non-hydrogen) atoms. The molecule has 15 heteroatoms. The maximum absolute atomic E-state index is 13.1. The highest BCUT2D eigenvalue weighted by molar-refractivity contribution is 7.84. The number of rotatable bonds is 10. The minimum absolute atomic E-state index is 0.0118. The van der Waals surface area contributed by atoms with Crippen LogP contribution in [-0.2, 0) is 21.0 Å². The van der Waals surface area contributed by atoms with E-state index in [4.69, 9.17) is 5.14 Å². The van der Waals surface area contributed by atoms with Crippen molar-refractivity contribution in [1.29, 1.82) is 0 Å². The van der Waals surface area contributed by atoms with Crippen LogP contribution in [0.2, 0.25) is 0 Å². The SMILES string of the molecule is NS(=O)(=O)OCC1CCC(Nc2ncncc2C(=O)c2ccn(Cc3ccc(OC(F)(F)F)cc3)n2)C1. The molecule has 1 aromatic carbocycles. The first kappa shape index (κ1) is 26.5. The molecule has 11 nitrogen and oxygen atoms in total. The Hall–Kier alpha value is -3.56. The minimum Gasteiger partial charge on any atom is -0.406 e. The number of nitrogens with zero attached hydrogens (tertiary/aromatic N) is 4. The Bertz CT molecular complexity index is 1350. The first-order chi connectivity index (χ1) is 17.4. The zero-order valence-corrected chi connectivity index (χ0v) is 20.1. The van der Waals surface area contributed by atoms with Crippen LogP contribution in [0.15, 0.2) is 49.1 Å². The molecule has 0 saturated heterocycles. The third-order valence-corrected chi connectivity index (χ3v) is 6.15. The standard InChI is InChI=1S/C22H23F3N6O5S/c23-22(24,25)36-17-5-2-14(3-6-17)11-31-8-7-19(30-31)20(32)18-10-27-13-28-21(18)29-16-4-1-15(9-16)12-35-37(26,33)34/h2-3,5-8,10,13,15-16H,1,4,9,11-12H2,(H2,26,33,34)(H,27,28,29). The number of carbonyl (C=O) groups excluding carboxylic acids is 1. The smallest absolute Gasteiger partial charge is 0.406 e. The van der Waals surface area contributed by atoms with Crippen molar-refractivity contribution in [2.45, 2.75) is 38.2 Å². The lowest BCUT2D eigenvalue weighted by atomic mass is 10.1. The summed E-state index contributed by atoms with van der Waals surface area (Å²) in [5, 5.41) is 12.4. The molecular weight excluding hydrogens is 517 g/mol. The summed E-state index contributed by atoms with van der Waals surface area (Å²) in [6, 6.07) is 6.81. The summed E-state index contributed by atoms with van der Waals surface area (Å²) in [5.74, 6) is -0.431. The summed E-state index contributed by atoms with van der Waals surface area (Å²) in [6.07, 6.45) is 1.54. The van der Waals surface area contributed by atoms with Crippen molar-refractivity contribution in [3.8, 4) is 5.75 Å². The molecule has 198 valence electrons. The Balaban J connectivity index is 1.39. The van der Waals surface area contributed by atoms with E-state index in [0.29, 0.717) is 17.8 Å². The van der Waals surface area contributed by atoms with Gasteiger partial charge in [-0.05, 0) is 48.9 Å². The van der Waals surface area contributed by atoms with Crippen LogP contribution >= 0.6 is 0 Å². The molecule has 2 unspecified atom stereocenters. The quantitative estimate of drug-likeness (QED) is 0.370. The summed E-state index contributed by atoms with van der Waals surface area (Å²) in [7, 11) is -4.00. The van der Waals surface area contributed by atoms with Gasteiger partial charge in [0.15, 0.2) is 0 Å². The molecule has 3 aromatic rings. The number of aromatic nitrogens is 4. The first-order valence-electron chi connectivity index (χ1n) is 11.1. The summed E-state index contributed by atoms with van der Waals surface area (Å²) >= 11 is 0. The van der Waals surface area contributed by atoms with Gasteiger partial charge in [0.25, 0.3) is 0 Å². The molecule has 4 rings (SSSR count). The Labute approximate surface area is 210 Å². The number of ketones is 1. The van der Waals surface area contributed by atoms with Gasteiger partial charge in [0.05, 0.1) is 18.7 Å². The van der Waals surface area contributed by atoms with Gasteiger partial charge in [-0.2, -0.15) is 13.5 Å². The molecule has 0 radical (unpaired) electrons. The van der Waals surface area contributed by atoms with Gasteiger partial charge in [-0.25, -0.2) is 15.1 Å². The zero-order valence-electron chi connectivity index (χ0n) is 19.3. The number of hydrogen-bond donors (Lipinski definition) is 2. The Kier molecular flexibility index (Phi) is 7.75. The highest BCUT2D eigenvalue weighted by atomic mass is 32.2. The number of nitrogens with two attached hydrogens (primary N) is 1. The number of anilines is 1. The largest absolute Gasteiger partial charge is 0.573 e. The van der Waals surface area contributed by atoms with Crippen molar-refractivity contribution in [3.05, 3.63) is 65.9 Å². The van der Waals surface area contributed by atoms with Crippen LogP contribution in [0.5, 0.6) is 5.75 Å². The molecule has 2 aromatic heterocycles. The van der Waals surface area contributed by atoms with Gasteiger partial charge in [-0.3, -0.25) is 13.7 Å². The van der Waals surface area contributed by atoms with E-state index < -0.39 is 22.4 Å². The molecule has 3 N–H and O–H groups in total. The normalized spacial score (nSPS) is 18.1. The average Bonchev–Trinajstić information content (AvgIpc) is 3.47. The fourth-order valence-corrected chi connectivity index (χ4v) is 4.43. The molecule has 1 aliphatic rings. The molecule has 1 aliphatic carbocycles. The number of ether oxygens (including phenoxy) is 1. The summed E-state index contributed by atoms with van der Waals surface area (Å²) < 4.78 is 69.0. The van der Waals surface area contributed by atoms with Crippen LogP contribution in [0.3, 0.4) is 0 Å². The molecule has 0 aliphatic heterocycles. The van der Waals surface area contributed by atoms with E-state index in [2.05, 4.69) is 29.3 Å². The second-order valence-electron chi connectivity index (χ2n) is 8.50. The van der Waals surface area contributed by atoms with E-state index >= 15 is 0 Å². The van der Waals surface area contributed by atoms with Gasteiger partial charge in [-0.1, -0.05) is 12.1 Å². The summed E-state index contributed by atoms with van der Waals surface area (Å²) in [4.78, 5) is 21.3. The number of nitrogens with one attached hydrogen (secondary N) is 1. The van der Waals surface area contributed by atoms with Crippen LogP contribution in [0, 0.1) is 5.92 Å². The second kappa shape index (κ2) is 10.8. The highest BCUT2D eigenvalue weighted by Crippen LogP contribution is 2.29. The third-order valence-electron chi connectivity index (χ3n) is 5.68. The molecule has 2 atom stereocenters. The fourth-order valence-electron chi connectivity index (χ4n) is 4.05. The fraction of sp³-hybridized carbons (Fsp3) is 0.364. The number of halogens is 3. The van der Waals surface area contributed by atoms with E-state index in [1.165, 1.54) is 47.5 Å². The van der Waals surface area contributed by atoms with Gasteiger partial charge in [-0.15, -0.1) is 13.2 Å². The van der Waals surface area contributed by atoms with Crippen molar-refractivity contribution < 1.29 is 35.3 Å². The van der Waals surface area contributed by atoms with Crippen molar-refractivity contribution in [2.75, 3.05) is 11.9 Å². The lowest BCUT2D eigenvalue weighted by Gasteiger charge is -2.15. The zero-order chi connectivity index (χ0) is 26.6. The maximum Gasteiger partial charge on any atom is 0.573 e. The molecule has 0 bridgehead atoms. The van der Waals surface area contributed by atoms with E-state index in [1.807, 2.05) is 0 Å². The highest BCUT2D eigenvalue weighted by Gasteiger charge is 2.31. The van der Waals surface area contributed by atoms with Crippen molar-refractivity contribution in [2.24, 2.45) is 11.1 Å². The average molecular weight is 541 g/mol. The van der Waals surface area contributed by atoms with Crippen LogP contribution in [0.25, 0.3) is 0 Å². The molecule has 0 spiro atoms. The topological polar surface area (TPSA) is 151 Å². The maximum atomic E-state index is 13.1. The molecule has 2 heterocycles. The minimum atomic E-state index is -4.77. The second-order valence-corrected chi connectivity index (χ2v) is 9.72. The molecule has 1 fully saturated rings. The predicted octanol–water partition coefficient (Wildman–Crippen LogP) is 2.65. The molecule has 1 saturated carbocycles. The van der Waals surface area contributed by atoms with E-state index in [0.717, 1.165) is 12.8 Å². The van der Waals surface area contributed by atoms with Gasteiger partial charge in [0.1, 0.15) is 23.6 Å². The number of benzene rings is 1. The van der Waals surface area contributed by atoms with Gasteiger partial charge in [0, 0.05) is 18.4 Å². The van der Waals surface area contributed by atoms with Gasteiger partial charge < -0.3 is 10.1 Å². The van der Waals surface area contributed by atoms with Crippen LogP contribution < -0.4 is 15.2 Å². The van der Waals surface area contributed by atoms with Crippen LogP contribution in [-0.4, -0.2) is 53.0 Å². The van der Waals surface area contributed by atoms with Crippen molar-refractivity contribution >= 4 is 21.9 Å². The third kappa shape index (κ3) is 7.71. The van der Waals surface area contributed by atoms with Crippen molar-refractivity contribution in [3.63, 3.8) is 0 Å². The first-order valence-corrected chi connectivity index (χ1v) is 12.6. The monoisotopic (exact) mass is 540 g/mol. The van der Waals surface area contributed by atoms with Crippen LogP contribution in [0.1, 0.15) is 40.9 Å². The van der Waals surface area contributed by atoms with Gasteiger partial charge in [0.2, 0.25) is 5.78 Å². The van der Waals surface area contributed by atoms with E-state index in [-0.39, 0.29) is 42.1 Å². The van der Waals surface area contributed by atoms with E-state index in [1.54, 1.807) is 6.20 Å². The lowest BCUT2D eigenvalue weighted by molar-refractivity contribution is -0.274. The number of hydrogen-bond acceptors (Lipinski definition) is 9. The van der Waals surface area contributed by atoms with Crippen LogP contribution in [0.4, 0.5) is 19.0 Å². The van der Waals surface area contributed by atoms with Crippen molar-refractivity contribution in [1.82, 2.24) is 19.7 Å². The predicted molar refractivity (Wildman–Crippen MR) is 124 cm³/mol. The summed E-state index contributed by atoms with van der Waals surface area (Å²) in [5.41, 5.74) is 1.01. The lowest BCUT2D eigenvalue weighted by Crippen LogP contribution is -2.22. The molecule has 0 amide bonds. The van der Waals surface area contributed by atoms with Gasteiger partial charge >= 0.3 is 16.7 Å². The Morgan fingerprint density at radius 2 is 1.95 bits per heavy atom. The summed E-state index contributed by atoms with van der Waals surface area (Å²) in [6.45, 7) is 0.210. The Morgan fingerprint density at radius 1 is 1.19 bits per heavy atom. The molecular formula is C22H23F3N6O5S. The number of carbonyl (C=O) groups is 1.